The molecule has 1 aromatic heterocycles. The molecule has 0 radical (unpaired) electrons. The molecule has 0 aliphatic rings. The van der Waals surface area contributed by atoms with Gasteiger partial charge in [-0.05, 0) is 0 Å². The van der Waals surface area contributed by atoms with Gasteiger partial charge in [0.05, 0.1) is 31.1 Å². The summed E-state index contributed by atoms with van der Waals surface area (Å²) < 4.78 is 9.49. The molecule has 10 heteroatoms. The first kappa shape index (κ1) is 18.8. The minimum Gasteiger partial charge on any atom is -0.481 e. The Bertz CT molecular complexity index is 684. The maximum absolute atomic E-state index is 11.7. The maximum atomic E-state index is 11.7. The van der Waals surface area contributed by atoms with E-state index in [2.05, 4.69) is 15.0 Å². The van der Waals surface area contributed by atoms with Crippen molar-refractivity contribution in [2.24, 2.45) is 0 Å². The number of pyridine rings is 1. The normalized spacial score (nSPS) is 12.4. The molecule has 1 aromatic rings. The van der Waals surface area contributed by atoms with Gasteiger partial charge in [-0.1, -0.05) is 0 Å². The van der Waals surface area contributed by atoms with Crippen LogP contribution >= 0.6 is 0 Å². The summed E-state index contributed by atoms with van der Waals surface area (Å²) in [6, 6.07) is 3.19. The highest BCUT2D eigenvalue weighted by Gasteiger charge is 2.31. The molecule has 0 saturated heterocycles. The van der Waals surface area contributed by atoms with Crippen LogP contribution in [0.25, 0.3) is 0 Å². The number of aromatic nitrogens is 1. The fourth-order valence-electron chi connectivity index (χ4n) is 2.04. The fraction of sp³-hybridized carbons (Fsp3) is 0.429. The van der Waals surface area contributed by atoms with Crippen molar-refractivity contribution in [3.05, 3.63) is 27.9 Å². The summed E-state index contributed by atoms with van der Waals surface area (Å²) in [5.41, 5.74) is -0.533. The number of amides is 1. The van der Waals surface area contributed by atoms with E-state index in [1.165, 1.54) is 20.1 Å². The van der Waals surface area contributed by atoms with Gasteiger partial charge in [0.2, 0.25) is 11.8 Å². The summed E-state index contributed by atoms with van der Waals surface area (Å²) in [5.74, 6) is -2.31. The second-order valence-electron chi connectivity index (χ2n) is 4.71. The molecular weight excluding hydrogens is 320 g/mol. The molecule has 2 atom stereocenters. The molecule has 0 saturated carbocycles. The SMILES string of the molecule is COC(=O)C(CC(C#N)c1nc(OC)ccc1[N+](=O)[O-])NC(C)=O. The Morgan fingerprint density at radius 1 is 1.46 bits per heavy atom. The highest BCUT2D eigenvalue weighted by atomic mass is 16.6. The van der Waals surface area contributed by atoms with Crippen molar-refractivity contribution in [1.82, 2.24) is 10.3 Å². The van der Waals surface area contributed by atoms with E-state index in [0.29, 0.717) is 0 Å². The van der Waals surface area contributed by atoms with Crippen LogP contribution in [0.5, 0.6) is 5.88 Å². The number of hydrogen-bond donors (Lipinski definition) is 1. The van der Waals surface area contributed by atoms with Gasteiger partial charge >= 0.3 is 5.97 Å². The Morgan fingerprint density at radius 3 is 2.58 bits per heavy atom. The van der Waals surface area contributed by atoms with E-state index in [1.807, 2.05) is 6.07 Å². The van der Waals surface area contributed by atoms with Crippen molar-refractivity contribution >= 4 is 17.6 Å². The number of nitrogens with one attached hydrogen (secondary N) is 1. The molecule has 0 aliphatic carbocycles. The molecule has 1 N–H and O–H groups in total. The number of hydrogen-bond acceptors (Lipinski definition) is 8. The fourth-order valence-corrected chi connectivity index (χ4v) is 2.04. The topological polar surface area (TPSA) is 144 Å². The van der Waals surface area contributed by atoms with Crippen LogP contribution in [0.1, 0.15) is 25.0 Å². The molecule has 0 aliphatic heterocycles. The Kier molecular flexibility index (Phi) is 6.61. The molecule has 10 nitrogen and oxygen atoms in total. The lowest BCUT2D eigenvalue weighted by molar-refractivity contribution is -0.386. The van der Waals surface area contributed by atoms with Gasteiger partial charge in [0, 0.05) is 25.5 Å². The molecule has 128 valence electrons. The molecule has 2 unspecified atom stereocenters. The summed E-state index contributed by atoms with van der Waals surface area (Å²) in [5, 5.41) is 22.9. The van der Waals surface area contributed by atoms with Gasteiger partial charge in [-0.3, -0.25) is 14.9 Å². The summed E-state index contributed by atoms with van der Waals surface area (Å²) in [7, 11) is 2.46. The van der Waals surface area contributed by atoms with E-state index in [1.54, 1.807) is 0 Å². The summed E-state index contributed by atoms with van der Waals surface area (Å²) in [4.78, 5) is 37.4. The number of rotatable bonds is 7. The van der Waals surface area contributed by atoms with Crippen LogP contribution in [0.4, 0.5) is 5.69 Å². The first-order valence-corrected chi connectivity index (χ1v) is 6.77. The van der Waals surface area contributed by atoms with Crippen LogP contribution < -0.4 is 10.1 Å². The Balaban J connectivity index is 3.24. The molecular formula is C14H16N4O6. The number of carbonyl (C=O) groups is 2. The molecule has 0 bridgehead atoms. The van der Waals surface area contributed by atoms with Crippen molar-refractivity contribution in [3.63, 3.8) is 0 Å². The van der Waals surface area contributed by atoms with Crippen LogP contribution in [0.15, 0.2) is 12.1 Å². The largest absolute Gasteiger partial charge is 0.481 e. The number of methoxy groups -OCH3 is 2. The minimum atomic E-state index is -1.13. The zero-order valence-electron chi connectivity index (χ0n) is 13.3. The second kappa shape index (κ2) is 8.42. The lowest BCUT2D eigenvalue weighted by Crippen LogP contribution is -2.41. The quantitative estimate of drug-likeness (QED) is 0.434. The molecule has 1 rings (SSSR count). The lowest BCUT2D eigenvalue weighted by atomic mass is 9.96. The van der Waals surface area contributed by atoms with Gasteiger partial charge in [0.15, 0.2) is 0 Å². The third-order valence-corrected chi connectivity index (χ3v) is 3.10. The van der Waals surface area contributed by atoms with Gasteiger partial charge in [0.1, 0.15) is 11.7 Å². The third kappa shape index (κ3) is 4.64. The highest BCUT2D eigenvalue weighted by Crippen LogP contribution is 2.30. The standard InChI is InChI=1S/C14H16N4O6/c1-8(19)16-10(14(20)24-3)6-9(7-15)13-11(18(21)22)4-5-12(17-13)23-2/h4-5,9-10H,6H2,1-3H3,(H,16,19). The molecule has 1 heterocycles. The molecule has 0 spiro atoms. The van der Waals surface area contributed by atoms with Crippen LogP contribution in [-0.2, 0) is 14.3 Å². The molecule has 0 fully saturated rings. The van der Waals surface area contributed by atoms with E-state index in [0.717, 1.165) is 13.2 Å². The van der Waals surface area contributed by atoms with Gasteiger partial charge < -0.3 is 14.8 Å². The van der Waals surface area contributed by atoms with Crippen molar-refractivity contribution in [2.45, 2.75) is 25.3 Å². The summed E-state index contributed by atoms with van der Waals surface area (Å²) in [6.45, 7) is 1.20. The van der Waals surface area contributed by atoms with Gasteiger partial charge in [-0.2, -0.15) is 5.26 Å². The van der Waals surface area contributed by atoms with Gasteiger partial charge in [0.25, 0.3) is 5.69 Å². The smallest absolute Gasteiger partial charge is 0.328 e. The average molecular weight is 336 g/mol. The van der Waals surface area contributed by atoms with Crippen molar-refractivity contribution in [2.75, 3.05) is 14.2 Å². The van der Waals surface area contributed by atoms with Crippen molar-refractivity contribution < 1.29 is 24.0 Å². The van der Waals surface area contributed by atoms with Crippen LogP contribution in [0.3, 0.4) is 0 Å². The number of nitrogens with zero attached hydrogens (tertiary/aromatic N) is 3. The van der Waals surface area contributed by atoms with Gasteiger partial charge in [-0.15, -0.1) is 0 Å². The predicted octanol–water partition coefficient (Wildman–Crippen LogP) is 0.673. The van der Waals surface area contributed by atoms with Crippen LogP contribution in [0.2, 0.25) is 0 Å². The third-order valence-electron chi connectivity index (χ3n) is 3.10. The molecule has 1 amide bonds. The number of carbonyl (C=O) groups excluding carboxylic acids is 2. The van der Waals surface area contributed by atoms with Crippen molar-refractivity contribution in [1.29, 1.82) is 5.26 Å². The highest BCUT2D eigenvalue weighted by molar-refractivity contribution is 5.83. The zero-order valence-corrected chi connectivity index (χ0v) is 13.3. The Morgan fingerprint density at radius 2 is 2.12 bits per heavy atom. The molecule has 0 aromatic carbocycles. The zero-order chi connectivity index (χ0) is 18.3. The second-order valence-corrected chi connectivity index (χ2v) is 4.71. The van der Waals surface area contributed by atoms with Crippen molar-refractivity contribution in [3.8, 4) is 11.9 Å². The number of esters is 1. The number of nitro groups is 1. The van der Waals surface area contributed by atoms with E-state index >= 15 is 0 Å². The number of nitriles is 1. The maximum Gasteiger partial charge on any atom is 0.328 e. The van der Waals surface area contributed by atoms with E-state index in [4.69, 9.17) is 4.74 Å². The van der Waals surface area contributed by atoms with E-state index < -0.39 is 28.8 Å². The van der Waals surface area contributed by atoms with Crippen LogP contribution in [-0.4, -0.2) is 42.0 Å². The monoisotopic (exact) mass is 336 g/mol. The summed E-state index contributed by atoms with van der Waals surface area (Å²) in [6.07, 6.45) is -0.232. The lowest BCUT2D eigenvalue weighted by Gasteiger charge is -2.18. The number of ether oxygens (including phenoxy) is 2. The molecule has 24 heavy (non-hydrogen) atoms. The predicted molar refractivity (Wildman–Crippen MR) is 80.0 cm³/mol. The summed E-state index contributed by atoms with van der Waals surface area (Å²) >= 11 is 0. The minimum absolute atomic E-state index is 0.0880. The Labute approximate surface area is 137 Å². The Hall–Kier alpha value is -3.22. The van der Waals surface area contributed by atoms with E-state index in [-0.39, 0.29) is 23.7 Å². The average Bonchev–Trinajstić information content (AvgIpc) is 2.56. The first-order chi connectivity index (χ1) is 11.3. The van der Waals surface area contributed by atoms with E-state index in [9.17, 15) is 25.0 Å². The van der Waals surface area contributed by atoms with Gasteiger partial charge in [-0.25, -0.2) is 9.78 Å². The van der Waals surface area contributed by atoms with Crippen LogP contribution in [0, 0.1) is 21.4 Å². The first-order valence-electron chi connectivity index (χ1n) is 6.77.